The fraction of sp³-hybridized carbons (Fsp3) is 0.538. The lowest BCUT2D eigenvalue weighted by atomic mass is 9.90. The maximum Gasteiger partial charge on any atom is 0.288 e. The SMILES string of the molecule is Cc1cc([N+](=O)[O-])c(Cl)cc1NC1CCCCC1N. The standard InChI is InChI=1S/C13H18ClN3O2/c1-8-6-13(17(18)19)9(14)7-12(8)16-11-5-3-2-4-10(11)15/h6-7,10-11,16H,2-5,15H2,1H3. The molecule has 5 nitrogen and oxygen atoms in total. The van der Waals surface area contributed by atoms with Crippen LogP contribution in [0.25, 0.3) is 0 Å². The summed E-state index contributed by atoms with van der Waals surface area (Å²) in [6, 6.07) is 3.46. The van der Waals surface area contributed by atoms with Crippen LogP contribution in [0.15, 0.2) is 12.1 Å². The largest absolute Gasteiger partial charge is 0.380 e. The van der Waals surface area contributed by atoms with Crippen molar-refractivity contribution in [3.05, 3.63) is 32.8 Å². The Morgan fingerprint density at radius 3 is 2.74 bits per heavy atom. The predicted octanol–water partition coefficient (Wildman–Crippen LogP) is 3.24. The summed E-state index contributed by atoms with van der Waals surface area (Å²) < 4.78 is 0. The van der Waals surface area contributed by atoms with Gasteiger partial charge in [-0.3, -0.25) is 10.1 Å². The highest BCUT2D eigenvalue weighted by Crippen LogP contribution is 2.32. The summed E-state index contributed by atoms with van der Waals surface area (Å²) >= 11 is 5.94. The van der Waals surface area contributed by atoms with Crippen LogP contribution in [0, 0.1) is 17.0 Å². The summed E-state index contributed by atoms with van der Waals surface area (Å²) in [6.07, 6.45) is 4.36. The van der Waals surface area contributed by atoms with Crippen LogP contribution in [-0.2, 0) is 0 Å². The number of anilines is 1. The Labute approximate surface area is 117 Å². The van der Waals surface area contributed by atoms with E-state index in [4.69, 9.17) is 17.3 Å². The Kier molecular flexibility index (Phi) is 4.27. The molecule has 0 spiro atoms. The topological polar surface area (TPSA) is 81.2 Å². The van der Waals surface area contributed by atoms with Crippen LogP contribution in [0.3, 0.4) is 0 Å². The number of nitrogens with zero attached hydrogens (tertiary/aromatic N) is 1. The van der Waals surface area contributed by atoms with E-state index in [1.165, 1.54) is 12.5 Å². The number of nitro benzene ring substituents is 1. The molecule has 2 atom stereocenters. The van der Waals surface area contributed by atoms with Gasteiger partial charge in [0.25, 0.3) is 5.69 Å². The molecule has 104 valence electrons. The minimum absolute atomic E-state index is 0.0577. The maximum absolute atomic E-state index is 10.8. The van der Waals surface area contributed by atoms with Crippen molar-refractivity contribution in [2.75, 3.05) is 5.32 Å². The van der Waals surface area contributed by atoms with Gasteiger partial charge in [0.15, 0.2) is 0 Å². The first-order chi connectivity index (χ1) is 8.99. The van der Waals surface area contributed by atoms with E-state index in [0.29, 0.717) is 0 Å². The molecule has 2 rings (SSSR count). The molecule has 3 N–H and O–H groups in total. The quantitative estimate of drug-likeness (QED) is 0.659. The van der Waals surface area contributed by atoms with Gasteiger partial charge in [-0.25, -0.2) is 0 Å². The summed E-state index contributed by atoms with van der Waals surface area (Å²) in [5.41, 5.74) is 7.68. The average molecular weight is 284 g/mol. The first-order valence-corrected chi connectivity index (χ1v) is 6.83. The summed E-state index contributed by atoms with van der Waals surface area (Å²) in [4.78, 5) is 10.3. The van der Waals surface area contributed by atoms with E-state index < -0.39 is 4.92 Å². The molecule has 0 saturated heterocycles. The molecule has 0 amide bonds. The van der Waals surface area contributed by atoms with Gasteiger partial charge in [-0.1, -0.05) is 24.4 Å². The Morgan fingerprint density at radius 2 is 2.11 bits per heavy atom. The Morgan fingerprint density at radius 1 is 1.42 bits per heavy atom. The summed E-state index contributed by atoms with van der Waals surface area (Å²) in [7, 11) is 0. The molecule has 0 heterocycles. The molecule has 1 aliphatic carbocycles. The van der Waals surface area contributed by atoms with Crippen molar-refractivity contribution in [2.45, 2.75) is 44.7 Å². The molecule has 1 aromatic carbocycles. The van der Waals surface area contributed by atoms with Gasteiger partial charge in [0.2, 0.25) is 0 Å². The smallest absolute Gasteiger partial charge is 0.288 e. The van der Waals surface area contributed by atoms with Gasteiger partial charge >= 0.3 is 0 Å². The Balaban J connectivity index is 2.21. The Bertz CT molecular complexity index is 493. The number of hydrogen-bond donors (Lipinski definition) is 2. The monoisotopic (exact) mass is 283 g/mol. The number of benzene rings is 1. The molecule has 1 fully saturated rings. The maximum atomic E-state index is 10.8. The van der Waals surface area contributed by atoms with Gasteiger partial charge in [0, 0.05) is 23.8 Å². The zero-order chi connectivity index (χ0) is 14.0. The highest BCUT2D eigenvalue weighted by atomic mass is 35.5. The molecule has 2 unspecified atom stereocenters. The van der Waals surface area contributed by atoms with Crippen molar-refractivity contribution in [3.8, 4) is 0 Å². The Hall–Kier alpha value is -1.33. The molecule has 0 radical (unpaired) electrons. The van der Waals surface area contributed by atoms with E-state index in [1.807, 2.05) is 6.92 Å². The molecule has 0 aromatic heterocycles. The van der Waals surface area contributed by atoms with Gasteiger partial charge in [-0.15, -0.1) is 0 Å². The number of nitrogens with two attached hydrogens (primary N) is 1. The van der Waals surface area contributed by atoms with Crippen molar-refractivity contribution in [2.24, 2.45) is 5.73 Å². The third-order valence-corrected chi connectivity index (χ3v) is 3.95. The number of hydrogen-bond acceptors (Lipinski definition) is 4. The van der Waals surface area contributed by atoms with E-state index in [-0.39, 0.29) is 22.8 Å². The van der Waals surface area contributed by atoms with Crippen molar-refractivity contribution in [1.82, 2.24) is 0 Å². The lowest BCUT2D eigenvalue weighted by molar-refractivity contribution is -0.384. The van der Waals surface area contributed by atoms with Crippen molar-refractivity contribution < 1.29 is 4.92 Å². The van der Waals surface area contributed by atoms with E-state index in [0.717, 1.165) is 30.5 Å². The molecule has 0 aliphatic heterocycles. The summed E-state index contributed by atoms with van der Waals surface area (Å²) in [5.74, 6) is 0. The second-order valence-electron chi connectivity index (χ2n) is 5.07. The second-order valence-corrected chi connectivity index (χ2v) is 5.48. The zero-order valence-electron chi connectivity index (χ0n) is 10.9. The van der Waals surface area contributed by atoms with Gasteiger partial charge in [0.1, 0.15) is 5.02 Å². The molecule has 1 aromatic rings. The van der Waals surface area contributed by atoms with Crippen LogP contribution < -0.4 is 11.1 Å². The molecule has 19 heavy (non-hydrogen) atoms. The van der Waals surface area contributed by atoms with Crippen molar-refractivity contribution >= 4 is 23.0 Å². The first kappa shape index (κ1) is 14.1. The fourth-order valence-corrected chi connectivity index (χ4v) is 2.73. The lowest BCUT2D eigenvalue weighted by Gasteiger charge is -2.30. The first-order valence-electron chi connectivity index (χ1n) is 6.45. The molecule has 6 heteroatoms. The normalized spacial score (nSPS) is 23.1. The van der Waals surface area contributed by atoms with Gasteiger partial charge in [-0.05, 0) is 31.4 Å². The van der Waals surface area contributed by atoms with Crippen LogP contribution in [0.5, 0.6) is 0 Å². The van der Waals surface area contributed by atoms with Crippen LogP contribution in [0.1, 0.15) is 31.2 Å². The van der Waals surface area contributed by atoms with E-state index in [1.54, 1.807) is 6.07 Å². The van der Waals surface area contributed by atoms with E-state index in [9.17, 15) is 10.1 Å². The number of halogens is 1. The van der Waals surface area contributed by atoms with E-state index in [2.05, 4.69) is 5.32 Å². The van der Waals surface area contributed by atoms with Gasteiger partial charge < -0.3 is 11.1 Å². The van der Waals surface area contributed by atoms with Gasteiger partial charge in [0.05, 0.1) is 4.92 Å². The number of nitro groups is 1. The number of aryl methyl sites for hydroxylation is 1. The predicted molar refractivity (Wildman–Crippen MR) is 76.7 cm³/mol. The summed E-state index contributed by atoms with van der Waals surface area (Å²) in [5, 5.41) is 14.3. The minimum atomic E-state index is -0.467. The molecular weight excluding hydrogens is 266 g/mol. The van der Waals surface area contributed by atoms with E-state index >= 15 is 0 Å². The second kappa shape index (κ2) is 5.75. The van der Waals surface area contributed by atoms with Crippen molar-refractivity contribution in [1.29, 1.82) is 0 Å². The highest BCUT2D eigenvalue weighted by molar-refractivity contribution is 6.33. The third-order valence-electron chi connectivity index (χ3n) is 3.65. The number of rotatable bonds is 3. The van der Waals surface area contributed by atoms with Crippen molar-refractivity contribution in [3.63, 3.8) is 0 Å². The van der Waals surface area contributed by atoms with Crippen LogP contribution in [0.2, 0.25) is 5.02 Å². The van der Waals surface area contributed by atoms with Crippen LogP contribution in [-0.4, -0.2) is 17.0 Å². The molecule has 1 aliphatic rings. The lowest BCUT2D eigenvalue weighted by Crippen LogP contribution is -2.42. The molecule has 1 saturated carbocycles. The fourth-order valence-electron chi connectivity index (χ4n) is 2.50. The molecule has 0 bridgehead atoms. The zero-order valence-corrected chi connectivity index (χ0v) is 11.6. The highest BCUT2D eigenvalue weighted by Gasteiger charge is 2.23. The molecular formula is C13H18ClN3O2. The van der Waals surface area contributed by atoms with Crippen LogP contribution >= 0.6 is 11.6 Å². The van der Waals surface area contributed by atoms with Gasteiger partial charge in [-0.2, -0.15) is 0 Å². The third kappa shape index (κ3) is 3.16. The summed E-state index contributed by atoms with van der Waals surface area (Å²) in [6.45, 7) is 1.83. The minimum Gasteiger partial charge on any atom is -0.380 e. The van der Waals surface area contributed by atoms with Crippen LogP contribution in [0.4, 0.5) is 11.4 Å². The number of nitrogens with one attached hydrogen (secondary N) is 1. The average Bonchev–Trinajstić information content (AvgIpc) is 2.35.